The van der Waals surface area contributed by atoms with Crippen molar-refractivity contribution in [3.8, 4) is 5.69 Å². The molecule has 4 amide bonds. The van der Waals surface area contributed by atoms with Crippen molar-refractivity contribution in [3.05, 3.63) is 108 Å². The van der Waals surface area contributed by atoms with Crippen LogP contribution < -0.4 is 5.32 Å². The van der Waals surface area contributed by atoms with E-state index >= 15 is 0 Å². The summed E-state index contributed by atoms with van der Waals surface area (Å²) in [5.74, 6) is -1.07. The molecular weight excluding hydrogens is 592 g/mol. The van der Waals surface area contributed by atoms with E-state index in [0.717, 1.165) is 34.8 Å². The zero-order valence-corrected chi connectivity index (χ0v) is 26.5. The monoisotopic (exact) mass is 628 g/mol. The normalized spacial score (nSPS) is 14.5. The topological polar surface area (TPSA) is 108 Å². The van der Waals surface area contributed by atoms with Gasteiger partial charge in [0, 0.05) is 83.0 Å². The average Bonchev–Trinajstić information content (AvgIpc) is 3.62. The van der Waals surface area contributed by atoms with Gasteiger partial charge in [0.15, 0.2) is 0 Å². The molecule has 2 aliphatic heterocycles. The molecule has 3 heterocycles. The van der Waals surface area contributed by atoms with Crippen LogP contribution in [0.5, 0.6) is 0 Å². The molecule has 0 unspecified atom stereocenters. The third-order valence-corrected chi connectivity index (χ3v) is 9.26. The molecule has 4 aromatic carbocycles. The molecule has 0 spiro atoms. The zero-order valence-electron chi connectivity index (χ0n) is 26.5. The summed E-state index contributed by atoms with van der Waals surface area (Å²) in [5.41, 5.74) is 3.06. The Kier molecular flexibility index (Phi) is 8.13. The molecule has 0 atom stereocenters. The maximum Gasteiger partial charge on any atom is 0.261 e. The lowest BCUT2D eigenvalue weighted by molar-refractivity contribution is 0.0579. The van der Waals surface area contributed by atoms with Crippen LogP contribution in [0, 0.1) is 0 Å². The van der Waals surface area contributed by atoms with Crippen LogP contribution in [0.2, 0.25) is 0 Å². The molecule has 0 fully saturated rings. The summed E-state index contributed by atoms with van der Waals surface area (Å²) in [7, 11) is 0. The molecule has 1 N–H and O–H groups in total. The molecule has 0 saturated heterocycles. The van der Waals surface area contributed by atoms with E-state index in [-0.39, 0.29) is 36.2 Å². The van der Waals surface area contributed by atoms with Crippen LogP contribution in [0.25, 0.3) is 27.2 Å². The third kappa shape index (κ3) is 5.39. The Balaban J connectivity index is 0.925. The smallest absolute Gasteiger partial charge is 0.261 e. The number of amides is 4. The highest BCUT2D eigenvalue weighted by Crippen LogP contribution is 2.34. The quantitative estimate of drug-likeness (QED) is 0.157. The largest absolute Gasteiger partial charge is 0.315 e. The Hall–Kier alpha value is -5.19. The number of carbonyl (C=O) groups is 4. The van der Waals surface area contributed by atoms with E-state index in [1.54, 1.807) is 36.8 Å². The number of carbonyl (C=O) groups excluding carboxylic acids is 4. The van der Waals surface area contributed by atoms with Crippen LogP contribution in [-0.2, 0) is 0 Å². The molecule has 238 valence electrons. The summed E-state index contributed by atoms with van der Waals surface area (Å²) in [4.78, 5) is 62.6. The average molecular weight is 629 g/mol. The molecule has 10 heteroatoms. The molecule has 0 aliphatic carbocycles. The minimum absolute atomic E-state index is 0.223. The Morgan fingerprint density at radius 1 is 0.702 bits per heavy atom. The number of benzene rings is 4. The van der Waals surface area contributed by atoms with Gasteiger partial charge in [0.1, 0.15) is 0 Å². The van der Waals surface area contributed by atoms with Crippen molar-refractivity contribution in [1.82, 2.24) is 29.6 Å². The van der Waals surface area contributed by atoms with Crippen LogP contribution in [0.1, 0.15) is 61.7 Å². The van der Waals surface area contributed by atoms with E-state index in [2.05, 4.69) is 29.0 Å². The lowest BCUT2D eigenvalue weighted by Gasteiger charge is -2.32. The van der Waals surface area contributed by atoms with Crippen molar-refractivity contribution < 1.29 is 19.2 Å². The standard InChI is InChI=1S/C37H36N6O4/c1-24(2)40(21-22-43-34(44)27-10-3-7-25-8-4-11-28(32(25)27)35(43)45)18-6-15-38-17-20-42-36(46)29-12-5-9-26-31(41-19-16-39-23-41)14-13-30(33(26)29)37(42)47/h3-5,7-14,16,19,23-24,38H,6,15,17-18,20-22H2,1-2H3. The van der Waals surface area contributed by atoms with Gasteiger partial charge in [-0.05, 0) is 69.1 Å². The highest BCUT2D eigenvalue weighted by atomic mass is 16.2. The summed E-state index contributed by atoms with van der Waals surface area (Å²) in [6.07, 6.45) is 6.06. The molecule has 0 saturated carbocycles. The molecule has 47 heavy (non-hydrogen) atoms. The fourth-order valence-electron chi connectivity index (χ4n) is 6.82. The molecule has 0 bridgehead atoms. The van der Waals surface area contributed by atoms with E-state index in [4.69, 9.17) is 0 Å². The Bertz CT molecular complexity index is 1960. The first-order chi connectivity index (χ1) is 22.8. The van der Waals surface area contributed by atoms with E-state index in [0.29, 0.717) is 53.8 Å². The second kappa shape index (κ2) is 12.5. The van der Waals surface area contributed by atoms with Gasteiger partial charge in [-0.2, -0.15) is 0 Å². The lowest BCUT2D eigenvalue weighted by atomic mass is 9.93. The van der Waals surface area contributed by atoms with Crippen molar-refractivity contribution in [3.63, 3.8) is 0 Å². The van der Waals surface area contributed by atoms with Crippen LogP contribution in [-0.4, -0.2) is 93.2 Å². The number of rotatable bonds is 12. The molecule has 5 aromatic rings. The summed E-state index contributed by atoms with van der Waals surface area (Å²) >= 11 is 0. The maximum absolute atomic E-state index is 13.5. The first kappa shape index (κ1) is 30.5. The number of imidazole rings is 1. The fourth-order valence-corrected chi connectivity index (χ4v) is 6.82. The summed E-state index contributed by atoms with van der Waals surface area (Å²) in [6, 6.07) is 20.6. The van der Waals surface area contributed by atoms with E-state index < -0.39 is 0 Å². The number of nitrogens with one attached hydrogen (secondary N) is 1. The molecule has 0 radical (unpaired) electrons. The first-order valence-electron chi connectivity index (χ1n) is 16.1. The van der Waals surface area contributed by atoms with E-state index in [1.807, 2.05) is 53.2 Å². The highest BCUT2D eigenvalue weighted by Gasteiger charge is 2.34. The van der Waals surface area contributed by atoms with Crippen molar-refractivity contribution in [1.29, 1.82) is 0 Å². The zero-order chi connectivity index (χ0) is 32.7. The first-order valence-corrected chi connectivity index (χ1v) is 16.1. The van der Waals surface area contributed by atoms with Gasteiger partial charge in [0.05, 0.1) is 12.0 Å². The van der Waals surface area contributed by atoms with Crippen molar-refractivity contribution in [2.24, 2.45) is 0 Å². The van der Waals surface area contributed by atoms with Crippen molar-refractivity contribution in [2.75, 3.05) is 39.3 Å². The van der Waals surface area contributed by atoms with Gasteiger partial charge in [-0.15, -0.1) is 0 Å². The van der Waals surface area contributed by atoms with Crippen LogP contribution >= 0.6 is 0 Å². The van der Waals surface area contributed by atoms with Crippen LogP contribution in [0.15, 0.2) is 85.5 Å². The summed E-state index contributed by atoms with van der Waals surface area (Å²) in [5, 5.41) is 6.54. The Morgan fingerprint density at radius 2 is 1.32 bits per heavy atom. The van der Waals surface area contributed by atoms with E-state index in [1.165, 1.54) is 9.80 Å². The van der Waals surface area contributed by atoms with Gasteiger partial charge in [-0.25, -0.2) is 4.98 Å². The molecular formula is C37H36N6O4. The SMILES string of the molecule is CC(C)N(CCCNCCN1C(=O)c2cccc3c(-n4ccnc4)ccc(c23)C1=O)CCN1C(=O)c2cccc3cccc(c23)C1=O. The minimum Gasteiger partial charge on any atom is -0.315 e. The van der Waals surface area contributed by atoms with Crippen molar-refractivity contribution in [2.45, 2.75) is 26.3 Å². The van der Waals surface area contributed by atoms with Crippen LogP contribution in [0.4, 0.5) is 0 Å². The second-order valence-electron chi connectivity index (χ2n) is 12.3. The highest BCUT2D eigenvalue weighted by molar-refractivity contribution is 6.27. The Labute approximate surface area is 272 Å². The number of imide groups is 2. The van der Waals surface area contributed by atoms with E-state index in [9.17, 15) is 19.2 Å². The summed E-state index contributed by atoms with van der Waals surface area (Å²) in [6.45, 7) is 7.28. The predicted octanol–water partition coefficient (Wildman–Crippen LogP) is 4.76. The second-order valence-corrected chi connectivity index (χ2v) is 12.3. The predicted molar refractivity (Wildman–Crippen MR) is 180 cm³/mol. The number of hydrogen-bond acceptors (Lipinski definition) is 7. The number of aromatic nitrogens is 2. The van der Waals surface area contributed by atoms with Gasteiger partial charge >= 0.3 is 0 Å². The third-order valence-electron chi connectivity index (χ3n) is 9.26. The minimum atomic E-state index is -0.288. The molecule has 1 aromatic heterocycles. The van der Waals surface area contributed by atoms with Gasteiger partial charge in [0.25, 0.3) is 23.6 Å². The number of nitrogens with zero attached hydrogens (tertiary/aromatic N) is 5. The number of hydrogen-bond donors (Lipinski definition) is 1. The van der Waals surface area contributed by atoms with Gasteiger partial charge in [0.2, 0.25) is 0 Å². The van der Waals surface area contributed by atoms with Gasteiger partial charge in [-0.3, -0.25) is 33.9 Å². The Morgan fingerprint density at radius 3 is 1.96 bits per heavy atom. The van der Waals surface area contributed by atoms with Gasteiger partial charge < -0.3 is 9.88 Å². The fraction of sp³-hybridized carbons (Fsp3) is 0.270. The lowest BCUT2D eigenvalue weighted by Crippen LogP contribution is -2.46. The molecule has 2 aliphatic rings. The van der Waals surface area contributed by atoms with Crippen molar-refractivity contribution >= 4 is 45.2 Å². The van der Waals surface area contributed by atoms with Crippen LogP contribution in [0.3, 0.4) is 0 Å². The molecule has 7 rings (SSSR count). The maximum atomic E-state index is 13.5. The van der Waals surface area contributed by atoms with Gasteiger partial charge in [-0.1, -0.05) is 36.4 Å². The summed E-state index contributed by atoms with van der Waals surface area (Å²) < 4.78 is 1.88. The molecule has 10 nitrogen and oxygen atoms in total.